The fraction of sp³-hybridized carbons (Fsp3) is 0.182. The molecule has 2 rings (SSSR count). The van der Waals surface area contributed by atoms with Crippen LogP contribution in [0.2, 0.25) is 0 Å². The molecule has 1 aromatic rings. The molecular formula is C11H11NO4S. The molecule has 0 atom stereocenters. The van der Waals surface area contributed by atoms with Gasteiger partial charge in [0.15, 0.2) is 11.5 Å². The van der Waals surface area contributed by atoms with E-state index in [1.807, 2.05) is 0 Å². The van der Waals surface area contributed by atoms with Crippen LogP contribution in [0.4, 0.5) is 0 Å². The topological polar surface area (TPSA) is 83.5 Å². The van der Waals surface area contributed by atoms with Gasteiger partial charge in [-0.1, -0.05) is 11.6 Å². The summed E-state index contributed by atoms with van der Waals surface area (Å²) in [6, 6.07) is 4.57. The van der Waals surface area contributed by atoms with Crippen LogP contribution in [0, 0.1) is 6.92 Å². The maximum absolute atomic E-state index is 11.8. The Kier molecular flexibility index (Phi) is 2.46. The lowest BCUT2D eigenvalue weighted by molar-refractivity contribution is -0.113. The fourth-order valence-electron chi connectivity index (χ4n) is 1.67. The van der Waals surface area contributed by atoms with Crippen LogP contribution >= 0.6 is 0 Å². The van der Waals surface area contributed by atoms with Crippen molar-refractivity contribution in [3.63, 3.8) is 0 Å². The standard InChI is InChI=1S/C11H11NO4S/c1-6-3-4-9-8(5-6)11(14)10(7(2)13)12-17(9,15)16/h3-5,12,14H,1-2H3. The van der Waals surface area contributed by atoms with Crippen LogP contribution < -0.4 is 4.72 Å². The number of sulfonamides is 1. The van der Waals surface area contributed by atoms with Gasteiger partial charge >= 0.3 is 0 Å². The molecule has 90 valence electrons. The fourth-order valence-corrected chi connectivity index (χ4v) is 2.99. The first-order valence-corrected chi connectivity index (χ1v) is 6.39. The number of carbonyl (C=O) groups is 1. The molecule has 1 aliphatic heterocycles. The summed E-state index contributed by atoms with van der Waals surface area (Å²) >= 11 is 0. The zero-order valence-corrected chi connectivity index (χ0v) is 10.1. The van der Waals surface area contributed by atoms with Crippen molar-refractivity contribution in [2.45, 2.75) is 18.7 Å². The van der Waals surface area contributed by atoms with Crippen molar-refractivity contribution in [2.75, 3.05) is 0 Å². The number of ketones is 1. The zero-order valence-electron chi connectivity index (χ0n) is 9.31. The highest BCUT2D eigenvalue weighted by molar-refractivity contribution is 7.89. The molecule has 0 spiro atoms. The normalized spacial score (nSPS) is 17.3. The highest BCUT2D eigenvalue weighted by Gasteiger charge is 2.31. The number of allylic oxidation sites excluding steroid dienone is 1. The Balaban J connectivity index is 2.82. The van der Waals surface area contributed by atoms with E-state index in [0.29, 0.717) is 0 Å². The number of nitrogens with one attached hydrogen (secondary N) is 1. The van der Waals surface area contributed by atoms with E-state index in [2.05, 4.69) is 4.72 Å². The molecule has 0 radical (unpaired) electrons. The highest BCUT2D eigenvalue weighted by atomic mass is 32.2. The third-order valence-electron chi connectivity index (χ3n) is 2.50. The predicted octanol–water partition coefficient (Wildman–Crippen LogP) is 1.10. The van der Waals surface area contributed by atoms with Crippen LogP contribution in [0.3, 0.4) is 0 Å². The molecular weight excluding hydrogens is 242 g/mol. The predicted molar refractivity (Wildman–Crippen MR) is 61.7 cm³/mol. The Labute approximate surface area is 98.8 Å². The molecule has 1 aliphatic rings. The first-order valence-electron chi connectivity index (χ1n) is 4.91. The molecule has 0 amide bonds. The SMILES string of the molecule is CC(=O)C1=C(O)c2cc(C)ccc2S(=O)(=O)N1. The minimum atomic E-state index is -3.77. The second-order valence-corrected chi connectivity index (χ2v) is 5.54. The largest absolute Gasteiger partial charge is 0.505 e. The van der Waals surface area contributed by atoms with Crippen LogP contribution in [0.25, 0.3) is 5.76 Å². The van der Waals surface area contributed by atoms with Crippen LogP contribution in [0.5, 0.6) is 0 Å². The van der Waals surface area contributed by atoms with Crippen molar-refractivity contribution in [1.82, 2.24) is 4.72 Å². The van der Waals surface area contributed by atoms with Crippen LogP contribution in [0.1, 0.15) is 18.1 Å². The van der Waals surface area contributed by atoms with E-state index in [4.69, 9.17) is 0 Å². The summed E-state index contributed by atoms with van der Waals surface area (Å²) < 4.78 is 25.7. The Morgan fingerprint density at radius 3 is 2.59 bits per heavy atom. The van der Waals surface area contributed by atoms with Crippen molar-refractivity contribution in [3.8, 4) is 0 Å². The molecule has 0 aromatic heterocycles. The summed E-state index contributed by atoms with van der Waals surface area (Å²) in [5.41, 5.74) is 0.673. The van der Waals surface area contributed by atoms with E-state index in [9.17, 15) is 18.3 Å². The summed E-state index contributed by atoms with van der Waals surface area (Å²) in [5.74, 6) is -0.857. The van der Waals surface area contributed by atoms with Crippen molar-refractivity contribution < 1.29 is 18.3 Å². The summed E-state index contributed by atoms with van der Waals surface area (Å²) in [4.78, 5) is 11.2. The van der Waals surface area contributed by atoms with Gasteiger partial charge in [-0.15, -0.1) is 0 Å². The molecule has 0 saturated heterocycles. The minimum absolute atomic E-state index is 0.0226. The van der Waals surface area contributed by atoms with Gasteiger partial charge in [-0.25, -0.2) is 8.42 Å². The van der Waals surface area contributed by atoms with Gasteiger partial charge in [0.25, 0.3) is 10.0 Å². The first kappa shape index (κ1) is 11.7. The number of fused-ring (bicyclic) bond motifs is 1. The Hall–Kier alpha value is -1.82. The Morgan fingerprint density at radius 1 is 1.35 bits per heavy atom. The lowest BCUT2D eigenvalue weighted by Gasteiger charge is -2.20. The van der Waals surface area contributed by atoms with E-state index in [1.54, 1.807) is 13.0 Å². The van der Waals surface area contributed by atoms with Gasteiger partial charge < -0.3 is 5.11 Å². The molecule has 6 heteroatoms. The van der Waals surface area contributed by atoms with Crippen LogP contribution in [-0.4, -0.2) is 19.3 Å². The van der Waals surface area contributed by atoms with E-state index in [1.165, 1.54) is 19.1 Å². The monoisotopic (exact) mass is 253 g/mol. The Bertz CT molecular complexity index is 643. The van der Waals surface area contributed by atoms with E-state index in [0.717, 1.165) is 5.56 Å². The molecule has 0 fully saturated rings. The van der Waals surface area contributed by atoms with E-state index in [-0.39, 0.29) is 21.9 Å². The molecule has 0 bridgehead atoms. The molecule has 17 heavy (non-hydrogen) atoms. The van der Waals surface area contributed by atoms with Crippen LogP contribution in [0.15, 0.2) is 28.8 Å². The number of carbonyl (C=O) groups excluding carboxylic acids is 1. The number of hydrogen-bond donors (Lipinski definition) is 2. The van der Waals surface area contributed by atoms with Gasteiger partial charge in [0.2, 0.25) is 0 Å². The molecule has 0 unspecified atom stereocenters. The maximum atomic E-state index is 11.8. The molecule has 0 aliphatic carbocycles. The zero-order chi connectivity index (χ0) is 12.8. The van der Waals surface area contributed by atoms with Crippen molar-refractivity contribution in [2.24, 2.45) is 0 Å². The minimum Gasteiger partial charge on any atom is -0.505 e. The van der Waals surface area contributed by atoms with Gasteiger partial charge in [0.05, 0.1) is 4.90 Å². The molecule has 5 nitrogen and oxygen atoms in total. The summed E-state index contributed by atoms with van der Waals surface area (Å²) in [5, 5.41) is 9.88. The third-order valence-corrected chi connectivity index (χ3v) is 3.91. The van der Waals surface area contributed by atoms with Crippen molar-refractivity contribution in [1.29, 1.82) is 0 Å². The van der Waals surface area contributed by atoms with E-state index >= 15 is 0 Å². The second-order valence-electron chi connectivity index (χ2n) is 3.88. The number of hydrogen-bond acceptors (Lipinski definition) is 4. The smallest absolute Gasteiger partial charge is 0.262 e. The maximum Gasteiger partial charge on any atom is 0.262 e. The molecule has 1 aromatic carbocycles. The van der Waals surface area contributed by atoms with Gasteiger partial charge in [0.1, 0.15) is 5.70 Å². The number of aliphatic hydroxyl groups excluding tert-OH is 1. The van der Waals surface area contributed by atoms with Crippen molar-refractivity contribution >= 4 is 21.6 Å². The van der Waals surface area contributed by atoms with E-state index < -0.39 is 15.8 Å². The number of aryl methyl sites for hydroxylation is 1. The third kappa shape index (κ3) is 1.80. The van der Waals surface area contributed by atoms with Gasteiger partial charge in [-0.3, -0.25) is 9.52 Å². The number of benzene rings is 1. The summed E-state index contributed by atoms with van der Waals surface area (Å²) in [6.45, 7) is 2.96. The van der Waals surface area contributed by atoms with Gasteiger partial charge in [0, 0.05) is 12.5 Å². The highest BCUT2D eigenvalue weighted by Crippen LogP contribution is 2.29. The quantitative estimate of drug-likeness (QED) is 0.785. The lowest BCUT2D eigenvalue weighted by Crippen LogP contribution is -2.32. The average Bonchev–Trinajstić information content (AvgIpc) is 2.23. The average molecular weight is 253 g/mol. The number of aliphatic hydroxyl groups is 1. The van der Waals surface area contributed by atoms with Gasteiger partial charge in [-0.2, -0.15) is 0 Å². The Morgan fingerprint density at radius 2 is 2.00 bits per heavy atom. The first-order chi connectivity index (χ1) is 7.83. The molecule has 1 heterocycles. The summed E-state index contributed by atoms with van der Waals surface area (Å²) in [7, 11) is -3.77. The second kappa shape index (κ2) is 3.59. The molecule has 2 N–H and O–H groups in total. The van der Waals surface area contributed by atoms with Crippen molar-refractivity contribution in [3.05, 3.63) is 35.0 Å². The number of Topliss-reactive ketones (excluding diaryl/α,β-unsaturated/α-hetero) is 1. The van der Waals surface area contributed by atoms with Gasteiger partial charge in [-0.05, 0) is 19.1 Å². The molecule has 0 saturated carbocycles. The lowest BCUT2D eigenvalue weighted by atomic mass is 10.1. The number of rotatable bonds is 1. The van der Waals surface area contributed by atoms with Crippen LogP contribution in [-0.2, 0) is 14.8 Å². The summed E-state index contributed by atoms with van der Waals surface area (Å²) in [6.07, 6.45) is 0.